The van der Waals surface area contributed by atoms with Gasteiger partial charge in [0.15, 0.2) is 0 Å². The van der Waals surface area contributed by atoms with Gasteiger partial charge in [0.2, 0.25) is 0 Å². The third-order valence-corrected chi connectivity index (χ3v) is 2.31. The van der Waals surface area contributed by atoms with Gasteiger partial charge < -0.3 is 9.84 Å². The van der Waals surface area contributed by atoms with Gasteiger partial charge >= 0.3 is 0 Å². The summed E-state index contributed by atoms with van der Waals surface area (Å²) in [5.41, 5.74) is 0. The summed E-state index contributed by atoms with van der Waals surface area (Å²) >= 11 is 0. The quantitative estimate of drug-likeness (QED) is 0.672. The Morgan fingerprint density at radius 3 is 2.83 bits per heavy atom. The van der Waals surface area contributed by atoms with Crippen molar-refractivity contribution in [1.29, 1.82) is 5.26 Å². The third kappa shape index (κ3) is 2.20. The molecule has 3 atom stereocenters. The van der Waals surface area contributed by atoms with Crippen molar-refractivity contribution in [2.45, 2.75) is 38.4 Å². The third-order valence-electron chi connectivity index (χ3n) is 2.31. The van der Waals surface area contributed by atoms with Crippen molar-refractivity contribution in [3.8, 4) is 6.07 Å². The second-order valence-electron chi connectivity index (χ2n) is 3.31. The summed E-state index contributed by atoms with van der Waals surface area (Å²) in [7, 11) is 0. The predicted octanol–water partition coefficient (Wildman–Crippen LogP) is 1.08. The first kappa shape index (κ1) is 9.50. The summed E-state index contributed by atoms with van der Waals surface area (Å²) < 4.78 is 5.36. The number of ether oxygens (including phenoxy) is 1. The highest BCUT2D eigenvalue weighted by Gasteiger charge is 2.26. The molecular weight excluding hydrogens is 154 g/mol. The second-order valence-corrected chi connectivity index (χ2v) is 3.31. The zero-order valence-corrected chi connectivity index (χ0v) is 7.36. The van der Waals surface area contributed by atoms with E-state index in [2.05, 4.69) is 0 Å². The summed E-state index contributed by atoms with van der Waals surface area (Å²) in [6.45, 7) is 2.45. The van der Waals surface area contributed by atoms with Gasteiger partial charge in [0.05, 0.1) is 24.2 Å². The molecule has 3 nitrogen and oxygen atoms in total. The standard InChI is InChI=1S/C9H15NO2/c1-7(6-10)9(11)8-4-2-3-5-12-8/h7-9,11H,2-5H2,1H3. The monoisotopic (exact) mass is 169 g/mol. The molecule has 1 aliphatic heterocycles. The van der Waals surface area contributed by atoms with Gasteiger partial charge in [-0.3, -0.25) is 0 Å². The Morgan fingerprint density at radius 2 is 2.33 bits per heavy atom. The molecule has 0 aromatic heterocycles. The molecule has 12 heavy (non-hydrogen) atoms. The molecule has 0 aliphatic carbocycles. The molecule has 1 heterocycles. The van der Waals surface area contributed by atoms with E-state index < -0.39 is 6.10 Å². The van der Waals surface area contributed by atoms with E-state index in [-0.39, 0.29) is 12.0 Å². The minimum absolute atomic E-state index is 0.117. The van der Waals surface area contributed by atoms with Crippen LogP contribution in [0.15, 0.2) is 0 Å². The van der Waals surface area contributed by atoms with Crippen LogP contribution >= 0.6 is 0 Å². The fourth-order valence-electron chi connectivity index (χ4n) is 1.43. The first-order valence-corrected chi connectivity index (χ1v) is 4.45. The Morgan fingerprint density at radius 1 is 1.58 bits per heavy atom. The van der Waals surface area contributed by atoms with Crippen LogP contribution in [0, 0.1) is 17.2 Å². The molecular formula is C9H15NO2. The van der Waals surface area contributed by atoms with Crippen molar-refractivity contribution in [3.63, 3.8) is 0 Å². The highest BCUT2D eigenvalue weighted by Crippen LogP contribution is 2.19. The molecule has 0 radical (unpaired) electrons. The van der Waals surface area contributed by atoms with Crippen LogP contribution < -0.4 is 0 Å². The molecule has 0 saturated carbocycles. The minimum atomic E-state index is -0.615. The summed E-state index contributed by atoms with van der Waals surface area (Å²) in [6, 6.07) is 2.03. The van der Waals surface area contributed by atoms with Crippen LogP contribution in [0.4, 0.5) is 0 Å². The van der Waals surface area contributed by atoms with E-state index in [1.807, 2.05) is 6.07 Å². The van der Waals surface area contributed by atoms with Crippen molar-refractivity contribution in [2.24, 2.45) is 5.92 Å². The van der Waals surface area contributed by atoms with E-state index in [4.69, 9.17) is 10.00 Å². The maximum absolute atomic E-state index is 9.59. The van der Waals surface area contributed by atoms with Crippen molar-refractivity contribution in [2.75, 3.05) is 6.61 Å². The van der Waals surface area contributed by atoms with Crippen LogP contribution in [-0.4, -0.2) is 23.9 Å². The maximum Gasteiger partial charge on any atom is 0.0956 e. The fourth-order valence-corrected chi connectivity index (χ4v) is 1.43. The van der Waals surface area contributed by atoms with E-state index in [0.717, 1.165) is 25.9 Å². The first-order chi connectivity index (χ1) is 5.75. The Kier molecular flexibility index (Phi) is 3.51. The zero-order valence-electron chi connectivity index (χ0n) is 7.36. The molecule has 1 N–H and O–H groups in total. The van der Waals surface area contributed by atoms with Gasteiger partial charge in [-0.15, -0.1) is 0 Å². The molecule has 1 aliphatic rings. The molecule has 0 bridgehead atoms. The average Bonchev–Trinajstić information content (AvgIpc) is 2.17. The molecule has 3 unspecified atom stereocenters. The molecule has 68 valence electrons. The summed E-state index contributed by atoms with van der Waals surface area (Å²) in [4.78, 5) is 0. The number of rotatable bonds is 2. The fraction of sp³-hybridized carbons (Fsp3) is 0.889. The number of nitrogens with zero attached hydrogens (tertiary/aromatic N) is 1. The van der Waals surface area contributed by atoms with Gasteiger partial charge in [0.1, 0.15) is 0 Å². The van der Waals surface area contributed by atoms with Gasteiger partial charge in [-0.05, 0) is 26.2 Å². The van der Waals surface area contributed by atoms with Gasteiger partial charge in [0.25, 0.3) is 0 Å². The Balaban J connectivity index is 2.40. The van der Waals surface area contributed by atoms with E-state index in [1.165, 1.54) is 0 Å². The lowest BCUT2D eigenvalue weighted by molar-refractivity contribution is -0.0727. The molecule has 0 spiro atoms. The highest BCUT2D eigenvalue weighted by molar-refractivity contribution is 4.89. The van der Waals surface area contributed by atoms with E-state index in [9.17, 15) is 5.11 Å². The lowest BCUT2D eigenvalue weighted by Gasteiger charge is -2.28. The van der Waals surface area contributed by atoms with Gasteiger partial charge in [0, 0.05) is 6.61 Å². The van der Waals surface area contributed by atoms with Crippen LogP contribution in [0.25, 0.3) is 0 Å². The second kappa shape index (κ2) is 4.44. The maximum atomic E-state index is 9.59. The van der Waals surface area contributed by atoms with Gasteiger partial charge in [-0.25, -0.2) is 0 Å². The zero-order chi connectivity index (χ0) is 8.97. The number of nitriles is 1. The average molecular weight is 169 g/mol. The van der Waals surface area contributed by atoms with Crippen molar-refractivity contribution < 1.29 is 9.84 Å². The van der Waals surface area contributed by atoms with E-state index in [0.29, 0.717) is 0 Å². The normalized spacial score (nSPS) is 28.9. The Labute approximate surface area is 73.0 Å². The van der Waals surface area contributed by atoms with Crippen molar-refractivity contribution in [3.05, 3.63) is 0 Å². The number of aliphatic hydroxyl groups excluding tert-OH is 1. The highest BCUT2D eigenvalue weighted by atomic mass is 16.5. The lowest BCUT2D eigenvalue weighted by atomic mass is 9.96. The lowest BCUT2D eigenvalue weighted by Crippen LogP contribution is -2.36. The predicted molar refractivity (Wildman–Crippen MR) is 44.4 cm³/mol. The Hall–Kier alpha value is -0.590. The molecule has 1 saturated heterocycles. The van der Waals surface area contributed by atoms with Crippen LogP contribution in [-0.2, 0) is 4.74 Å². The van der Waals surface area contributed by atoms with Gasteiger partial charge in [-0.1, -0.05) is 0 Å². The Bertz CT molecular complexity index is 170. The first-order valence-electron chi connectivity index (χ1n) is 4.45. The molecule has 1 fully saturated rings. The number of hydrogen-bond acceptors (Lipinski definition) is 3. The van der Waals surface area contributed by atoms with Crippen LogP contribution in [0.2, 0.25) is 0 Å². The van der Waals surface area contributed by atoms with E-state index in [1.54, 1.807) is 6.92 Å². The summed E-state index contributed by atoms with van der Waals surface area (Å²) in [5, 5.41) is 18.2. The topological polar surface area (TPSA) is 53.2 Å². The van der Waals surface area contributed by atoms with E-state index >= 15 is 0 Å². The number of hydrogen-bond donors (Lipinski definition) is 1. The summed E-state index contributed by atoms with van der Waals surface area (Å²) in [5.74, 6) is -0.326. The molecule has 1 rings (SSSR count). The SMILES string of the molecule is CC(C#N)C(O)C1CCCCO1. The number of aliphatic hydroxyl groups is 1. The smallest absolute Gasteiger partial charge is 0.0956 e. The molecule has 0 aromatic carbocycles. The van der Waals surface area contributed by atoms with Gasteiger partial charge in [-0.2, -0.15) is 5.26 Å². The van der Waals surface area contributed by atoms with Crippen LogP contribution in [0.5, 0.6) is 0 Å². The molecule has 3 heteroatoms. The minimum Gasteiger partial charge on any atom is -0.389 e. The van der Waals surface area contributed by atoms with Crippen molar-refractivity contribution in [1.82, 2.24) is 0 Å². The summed E-state index contributed by atoms with van der Waals surface area (Å²) in [6.07, 6.45) is 2.32. The molecule has 0 amide bonds. The van der Waals surface area contributed by atoms with Crippen LogP contribution in [0.1, 0.15) is 26.2 Å². The largest absolute Gasteiger partial charge is 0.389 e. The van der Waals surface area contributed by atoms with Crippen molar-refractivity contribution >= 4 is 0 Å². The van der Waals surface area contributed by atoms with Crippen LogP contribution in [0.3, 0.4) is 0 Å². The molecule has 0 aromatic rings.